The number of hydrogen-bond acceptors (Lipinski definition) is 3. The fourth-order valence-corrected chi connectivity index (χ4v) is 4.17. The van der Waals surface area contributed by atoms with Crippen LogP contribution in [-0.2, 0) is 10.1 Å². The van der Waals surface area contributed by atoms with Crippen molar-refractivity contribution in [2.24, 2.45) is 0 Å². The lowest BCUT2D eigenvalue weighted by Gasteiger charge is -2.41. The van der Waals surface area contributed by atoms with Gasteiger partial charge in [0.05, 0.1) is 20.6 Å². The quantitative estimate of drug-likeness (QED) is 0.215. The van der Waals surface area contributed by atoms with E-state index in [1.165, 1.54) is 44.9 Å². The third-order valence-electron chi connectivity index (χ3n) is 4.89. The lowest BCUT2D eigenvalue weighted by atomic mass is 10.1. The van der Waals surface area contributed by atoms with Crippen LogP contribution in [0.2, 0.25) is 0 Å². The summed E-state index contributed by atoms with van der Waals surface area (Å²) in [5.74, 6) is 0. The van der Waals surface area contributed by atoms with Gasteiger partial charge in [0.25, 0.3) is 0 Å². The predicted molar refractivity (Wildman–Crippen MR) is 95.6 cm³/mol. The molecule has 0 aliphatic rings. The summed E-state index contributed by atoms with van der Waals surface area (Å²) in [4.78, 5) is 0. The summed E-state index contributed by atoms with van der Waals surface area (Å²) in [6.45, 7) is 4.33. The van der Waals surface area contributed by atoms with Crippen molar-refractivity contribution in [2.45, 2.75) is 89.5 Å². The molecule has 0 spiro atoms. The topological polar surface area (TPSA) is 74.6 Å². The first kappa shape index (κ1) is 22.8. The van der Waals surface area contributed by atoms with Crippen molar-refractivity contribution in [3.63, 3.8) is 0 Å². The average Bonchev–Trinajstić information content (AvgIpc) is 2.46. The van der Waals surface area contributed by atoms with Crippen LogP contribution in [0.15, 0.2) is 0 Å². The molecule has 0 bridgehead atoms. The highest BCUT2D eigenvalue weighted by atomic mass is 32.2. The van der Waals surface area contributed by atoms with E-state index in [2.05, 4.69) is 6.92 Å². The van der Waals surface area contributed by atoms with Crippen molar-refractivity contribution in [3.05, 3.63) is 0 Å². The number of rotatable bonds is 14. The third-order valence-corrected chi connectivity index (χ3v) is 6.50. The second-order valence-electron chi connectivity index (χ2n) is 7.16. The minimum Gasteiger partial charge on any atom is -0.328 e. The summed E-state index contributed by atoms with van der Waals surface area (Å²) in [6.07, 6.45) is 12.1. The number of nitrogens with zero attached hydrogens (tertiary/aromatic N) is 1. The highest BCUT2D eigenvalue weighted by molar-refractivity contribution is 7.86. The van der Waals surface area contributed by atoms with Crippen LogP contribution in [-0.4, -0.2) is 48.3 Å². The van der Waals surface area contributed by atoms with Crippen LogP contribution in [0.4, 0.5) is 0 Å². The van der Waals surface area contributed by atoms with Crippen molar-refractivity contribution < 1.29 is 22.6 Å². The largest absolute Gasteiger partial charge is 0.350 e. The Labute approximate surface area is 143 Å². The van der Waals surface area contributed by atoms with Gasteiger partial charge in [-0.05, 0) is 12.8 Å². The zero-order valence-corrected chi connectivity index (χ0v) is 16.4. The van der Waals surface area contributed by atoms with E-state index in [4.69, 9.17) is 0 Å². The van der Waals surface area contributed by atoms with Gasteiger partial charge in [-0.1, -0.05) is 65.2 Å². The van der Waals surface area contributed by atoms with Crippen molar-refractivity contribution in [3.8, 4) is 0 Å². The van der Waals surface area contributed by atoms with E-state index < -0.39 is 15.2 Å². The first-order valence-electron chi connectivity index (χ1n) is 9.15. The maximum atomic E-state index is 11.5. The molecule has 0 aliphatic carbocycles. The zero-order valence-electron chi connectivity index (χ0n) is 15.6. The smallest absolute Gasteiger partial charge is 0.328 e. The maximum absolute atomic E-state index is 11.5. The van der Waals surface area contributed by atoms with E-state index in [0.717, 1.165) is 19.3 Å². The van der Waals surface area contributed by atoms with Gasteiger partial charge in [0.15, 0.2) is 0 Å². The standard InChI is InChI=1S/C17H37NO4S/c1-5-7-8-9-10-11-12-13-14-15-16-18(3,4)17(19,6-2)23(20,21)22/h19H,5-16H2,1-4H3/p+1. The van der Waals surface area contributed by atoms with Crippen LogP contribution in [0.5, 0.6) is 0 Å². The molecule has 5 nitrogen and oxygen atoms in total. The van der Waals surface area contributed by atoms with Crippen LogP contribution >= 0.6 is 0 Å². The summed E-state index contributed by atoms with van der Waals surface area (Å²) < 4.78 is 32.2. The molecule has 2 N–H and O–H groups in total. The van der Waals surface area contributed by atoms with E-state index in [-0.39, 0.29) is 10.9 Å². The monoisotopic (exact) mass is 352 g/mol. The van der Waals surface area contributed by atoms with Gasteiger partial charge in [-0.15, -0.1) is 0 Å². The van der Waals surface area contributed by atoms with Gasteiger partial charge in [0.2, 0.25) is 0 Å². The Balaban J connectivity index is 3.99. The van der Waals surface area contributed by atoms with E-state index in [0.29, 0.717) is 6.54 Å². The zero-order chi connectivity index (χ0) is 18.0. The molecular weight excluding hydrogens is 314 g/mol. The average molecular weight is 353 g/mol. The summed E-state index contributed by atoms with van der Waals surface area (Å²) in [6, 6.07) is 0. The van der Waals surface area contributed by atoms with E-state index in [1.807, 2.05) is 0 Å². The Morgan fingerprint density at radius 2 is 1.22 bits per heavy atom. The number of quaternary nitrogens is 1. The summed E-state index contributed by atoms with van der Waals surface area (Å²) in [5, 5.41) is 8.24. The number of aliphatic hydroxyl groups is 1. The second kappa shape index (κ2) is 10.6. The van der Waals surface area contributed by atoms with Crippen LogP contribution in [0, 0.1) is 0 Å². The lowest BCUT2D eigenvalue weighted by Crippen LogP contribution is -2.63. The van der Waals surface area contributed by atoms with E-state index in [9.17, 15) is 18.1 Å². The molecule has 1 atom stereocenters. The van der Waals surface area contributed by atoms with Crippen LogP contribution in [0.3, 0.4) is 0 Å². The summed E-state index contributed by atoms with van der Waals surface area (Å²) in [7, 11) is -1.19. The lowest BCUT2D eigenvalue weighted by molar-refractivity contribution is -0.950. The van der Waals surface area contributed by atoms with Crippen molar-refractivity contribution in [1.82, 2.24) is 0 Å². The van der Waals surface area contributed by atoms with Gasteiger partial charge in [0, 0.05) is 6.42 Å². The molecule has 0 saturated heterocycles. The highest BCUT2D eigenvalue weighted by Gasteiger charge is 2.53. The van der Waals surface area contributed by atoms with Gasteiger partial charge in [0.1, 0.15) is 0 Å². The number of hydrogen-bond donors (Lipinski definition) is 2. The molecule has 0 fully saturated rings. The van der Waals surface area contributed by atoms with Crippen LogP contribution in [0.1, 0.15) is 84.5 Å². The van der Waals surface area contributed by atoms with Crippen molar-refractivity contribution >= 4 is 10.1 Å². The molecule has 0 aliphatic heterocycles. The fraction of sp³-hybridized carbons (Fsp3) is 1.00. The van der Waals surface area contributed by atoms with Gasteiger partial charge >= 0.3 is 15.2 Å². The van der Waals surface area contributed by atoms with E-state index in [1.54, 1.807) is 21.0 Å². The molecular formula is C17H38NO4S+. The summed E-state index contributed by atoms with van der Waals surface area (Å²) in [5.41, 5.74) is 0. The van der Waals surface area contributed by atoms with Gasteiger partial charge in [-0.3, -0.25) is 9.04 Å². The molecule has 0 aromatic carbocycles. The molecule has 0 aromatic rings. The predicted octanol–water partition coefficient (Wildman–Crippen LogP) is 3.93. The van der Waals surface area contributed by atoms with Crippen molar-refractivity contribution in [2.75, 3.05) is 20.6 Å². The molecule has 0 saturated carbocycles. The highest BCUT2D eigenvalue weighted by Crippen LogP contribution is 2.28. The minimum atomic E-state index is -4.51. The number of unbranched alkanes of at least 4 members (excludes halogenated alkanes) is 9. The Morgan fingerprint density at radius 1 is 0.826 bits per heavy atom. The van der Waals surface area contributed by atoms with Crippen molar-refractivity contribution in [1.29, 1.82) is 0 Å². The minimum absolute atomic E-state index is 0.0312. The first-order valence-corrected chi connectivity index (χ1v) is 10.6. The SMILES string of the molecule is CCCCCCCCCCCC[N+](C)(C)C(O)(CC)S(=O)(=O)O. The van der Waals surface area contributed by atoms with E-state index >= 15 is 0 Å². The molecule has 0 amide bonds. The molecule has 0 rings (SSSR count). The normalized spacial score (nSPS) is 15.6. The first-order chi connectivity index (χ1) is 10.6. The van der Waals surface area contributed by atoms with Crippen LogP contribution < -0.4 is 0 Å². The molecule has 1 unspecified atom stereocenters. The Bertz CT molecular complexity index is 409. The van der Waals surface area contributed by atoms with Gasteiger partial charge in [-0.25, -0.2) is 0 Å². The third kappa shape index (κ3) is 7.50. The maximum Gasteiger partial charge on any atom is 0.350 e. The molecule has 0 heterocycles. The second-order valence-corrected chi connectivity index (χ2v) is 8.77. The molecule has 0 aromatic heterocycles. The molecule has 0 radical (unpaired) electrons. The van der Waals surface area contributed by atoms with Crippen LogP contribution in [0.25, 0.3) is 0 Å². The Hall–Kier alpha value is -0.170. The molecule has 23 heavy (non-hydrogen) atoms. The molecule has 6 heteroatoms. The molecule has 140 valence electrons. The Kier molecular flexibility index (Phi) is 10.6. The Morgan fingerprint density at radius 3 is 1.57 bits per heavy atom. The fourth-order valence-electron chi connectivity index (χ4n) is 3.09. The van der Waals surface area contributed by atoms with Gasteiger partial charge < -0.3 is 5.11 Å². The summed E-state index contributed by atoms with van der Waals surface area (Å²) >= 11 is 0. The van der Waals surface area contributed by atoms with Gasteiger partial charge in [-0.2, -0.15) is 8.42 Å².